The Hall–Kier alpha value is -0.910. The number of aliphatic hydroxyl groups excluding tert-OH is 1. The quantitative estimate of drug-likeness (QED) is 0.345. The van der Waals surface area contributed by atoms with E-state index in [1.807, 2.05) is 0 Å². The van der Waals surface area contributed by atoms with Crippen LogP contribution >= 0.6 is 0 Å². The lowest BCUT2D eigenvalue weighted by Crippen LogP contribution is -2.25. The Morgan fingerprint density at radius 1 is 1.50 bits per heavy atom. The monoisotopic (exact) mass is 202 g/mol. The van der Waals surface area contributed by atoms with E-state index >= 15 is 0 Å². The minimum atomic E-state index is -0.187. The highest BCUT2D eigenvalue weighted by Crippen LogP contribution is 1.73. The highest BCUT2D eigenvalue weighted by atomic mass is 16.5. The minimum absolute atomic E-state index is 0.0360. The molecule has 0 aliphatic carbocycles. The van der Waals surface area contributed by atoms with Gasteiger partial charge in [0.25, 0.3) is 0 Å². The molecule has 0 spiro atoms. The summed E-state index contributed by atoms with van der Waals surface area (Å²) < 4.78 is 4.83. The van der Waals surface area contributed by atoms with Crippen LogP contribution in [0.3, 0.4) is 0 Å². The fourth-order valence-electron chi connectivity index (χ4n) is 0.764. The Labute approximate surface area is 84.1 Å². The van der Waals surface area contributed by atoms with Crippen molar-refractivity contribution in [3.8, 4) is 0 Å². The van der Waals surface area contributed by atoms with Gasteiger partial charge in [-0.3, -0.25) is 4.79 Å². The minimum Gasteiger partial charge on any atom is -0.395 e. The molecule has 0 saturated carbocycles. The number of nitrogens with one attached hydrogen (secondary N) is 2. The van der Waals surface area contributed by atoms with Gasteiger partial charge in [-0.25, -0.2) is 0 Å². The molecule has 0 bridgehead atoms. The lowest BCUT2D eigenvalue weighted by molar-refractivity contribution is -0.116. The van der Waals surface area contributed by atoms with Gasteiger partial charge in [0.05, 0.1) is 13.2 Å². The molecule has 0 fully saturated rings. The normalized spacial score (nSPS) is 10.7. The Bertz CT molecular complexity index is 171. The predicted octanol–water partition coefficient (Wildman–Crippen LogP) is -1.11. The van der Waals surface area contributed by atoms with Gasteiger partial charge in [-0.2, -0.15) is 0 Å². The average Bonchev–Trinajstić information content (AvgIpc) is 2.20. The molecule has 0 saturated heterocycles. The van der Waals surface area contributed by atoms with Gasteiger partial charge in [-0.15, -0.1) is 0 Å². The Kier molecular flexibility index (Phi) is 9.51. The summed E-state index contributed by atoms with van der Waals surface area (Å²) in [7, 11) is 1.64. The maximum Gasteiger partial charge on any atom is 0.243 e. The van der Waals surface area contributed by atoms with E-state index in [0.717, 1.165) is 6.54 Å². The molecule has 0 heterocycles. The number of hydrogen-bond donors (Lipinski definition) is 3. The average molecular weight is 202 g/mol. The van der Waals surface area contributed by atoms with Gasteiger partial charge in [0.2, 0.25) is 5.91 Å². The van der Waals surface area contributed by atoms with Crippen LogP contribution in [0.5, 0.6) is 0 Å². The van der Waals surface area contributed by atoms with Crippen molar-refractivity contribution in [2.24, 2.45) is 0 Å². The second-order valence-corrected chi connectivity index (χ2v) is 2.61. The first kappa shape index (κ1) is 13.1. The smallest absolute Gasteiger partial charge is 0.243 e. The van der Waals surface area contributed by atoms with Crippen molar-refractivity contribution >= 4 is 5.91 Å². The fourth-order valence-corrected chi connectivity index (χ4v) is 0.764. The zero-order valence-electron chi connectivity index (χ0n) is 8.45. The topological polar surface area (TPSA) is 70.6 Å². The molecule has 0 aliphatic heterocycles. The Morgan fingerprint density at radius 3 is 2.93 bits per heavy atom. The van der Waals surface area contributed by atoms with Crippen molar-refractivity contribution in [1.82, 2.24) is 10.6 Å². The standard InChI is InChI=1S/C9H18N2O3/c1-14-8-6-10-4-2-3-9(13)11-5-7-12/h2-3,10,12H,4-8H2,1H3,(H,11,13)/b3-2+. The molecule has 1 amide bonds. The first-order valence-corrected chi connectivity index (χ1v) is 4.56. The number of ether oxygens (including phenoxy) is 1. The number of hydrogen-bond acceptors (Lipinski definition) is 4. The lowest BCUT2D eigenvalue weighted by atomic mass is 10.4. The summed E-state index contributed by atoms with van der Waals surface area (Å²) in [6.45, 7) is 2.31. The van der Waals surface area contributed by atoms with Crippen molar-refractivity contribution < 1.29 is 14.6 Å². The zero-order chi connectivity index (χ0) is 10.6. The van der Waals surface area contributed by atoms with Gasteiger partial charge in [-0.05, 0) is 0 Å². The molecule has 0 radical (unpaired) electrons. The van der Waals surface area contributed by atoms with E-state index in [1.54, 1.807) is 13.2 Å². The molecule has 0 aromatic heterocycles. The first-order valence-electron chi connectivity index (χ1n) is 4.56. The van der Waals surface area contributed by atoms with E-state index in [9.17, 15) is 4.79 Å². The highest BCUT2D eigenvalue weighted by Gasteiger charge is 1.91. The molecule has 0 unspecified atom stereocenters. The van der Waals surface area contributed by atoms with Crippen molar-refractivity contribution in [2.75, 3.05) is 40.0 Å². The maximum absolute atomic E-state index is 10.9. The predicted molar refractivity (Wildman–Crippen MR) is 54.0 cm³/mol. The molecule has 0 aromatic carbocycles. The molecule has 5 nitrogen and oxygen atoms in total. The third kappa shape index (κ3) is 9.18. The van der Waals surface area contributed by atoms with Crippen LogP contribution in [0.4, 0.5) is 0 Å². The van der Waals surface area contributed by atoms with E-state index in [2.05, 4.69) is 10.6 Å². The number of methoxy groups -OCH3 is 1. The van der Waals surface area contributed by atoms with E-state index in [-0.39, 0.29) is 12.5 Å². The molecule has 0 aromatic rings. The maximum atomic E-state index is 10.9. The van der Waals surface area contributed by atoms with Gasteiger partial charge in [0.1, 0.15) is 0 Å². The van der Waals surface area contributed by atoms with Crippen LogP contribution in [-0.2, 0) is 9.53 Å². The van der Waals surface area contributed by atoms with Crippen LogP contribution in [0.15, 0.2) is 12.2 Å². The number of rotatable bonds is 8. The van der Waals surface area contributed by atoms with Gasteiger partial charge in [0, 0.05) is 32.8 Å². The van der Waals surface area contributed by atoms with E-state index < -0.39 is 0 Å². The summed E-state index contributed by atoms with van der Waals surface area (Å²) in [4.78, 5) is 10.9. The molecule has 82 valence electrons. The zero-order valence-corrected chi connectivity index (χ0v) is 8.45. The molecule has 0 aliphatic rings. The second kappa shape index (κ2) is 10.2. The van der Waals surface area contributed by atoms with Crippen LogP contribution < -0.4 is 10.6 Å². The van der Waals surface area contributed by atoms with Crippen LogP contribution in [0.2, 0.25) is 0 Å². The number of aliphatic hydroxyl groups is 1. The van der Waals surface area contributed by atoms with Crippen molar-refractivity contribution in [1.29, 1.82) is 0 Å². The molecule has 3 N–H and O–H groups in total. The highest BCUT2D eigenvalue weighted by molar-refractivity contribution is 5.87. The number of carbonyl (C=O) groups excluding carboxylic acids is 1. The van der Waals surface area contributed by atoms with Crippen LogP contribution in [0.25, 0.3) is 0 Å². The van der Waals surface area contributed by atoms with Crippen molar-refractivity contribution in [2.45, 2.75) is 0 Å². The van der Waals surface area contributed by atoms with Crippen molar-refractivity contribution in [3.05, 3.63) is 12.2 Å². The second-order valence-electron chi connectivity index (χ2n) is 2.61. The number of amides is 1. The van der Waals surface area contributed by atoms with Crippen LogP contribution in [0.1, 0.15) is 0 Å². The van der Waals surface area contributed by atoms with Crippen LogP contribution in [-0.4, -0.2) is 51.0 Å². The first-order chi connectivity index (χ1) is 6.81. The van der Waals surface area contributed by atoms with Crippen molar-refractivity contribution in [3.63, 3.8) is 0 Å². The molecule has 0 rings (SSSR count). The van der Waals surface area contributed by atoms with E-state index in [1.165, 1.54) is 6.08 Å². The largest absolute Gasteiger partial charge is 0.395 e. The fraction of sp³-hybridized carbons (Fsp3) is 0.667. The lowest BCUT2D eigenvalue weighted by Gasteiger charge is -1.99. The molecule has 0 atom stereocenters. The summed E-state index contributed by atoms with van der Waals surface area (Å²) >= 11 is 0. The summed E-state index contributed by atoms with van der Waals surface area (Å²) in [6, 6.07) is 0. The summed E-state index contributed by atoms with van der Waals surface area (Å²) in [5.74, 6) is -0.187. The SMILES string of the molecule is COCCNC/C=C/C(=O)NCCO. The molecule has 5 heteroatoms. The molecular weight excluding hydrogens is 184 g/mol. The van der Waals surface area contributed by atoms with E-state index in [0.29, 0.717) is 19.7 Å². The van der Waals surface area contributed by atoms with Gasteiger partial charge >= 0.3 is 0 Å². The third-order valence-electron chi connectivity index (χ3n) is 1.43. The van der Waals surface area contributed by atoms with Gasteiger partial charge in [-0.1, -0.05) is 6.08 Å². The van der Waals surface area contributed by atoms with Gasteiger partial charge in [0.15, 0.2) is 0 Å². The third-order valence-corrected chi connectivity index (χ3v) is 1.43. The summed E-state index contributed by atoms with van der Waals surface area (Å²) in [5, 5.41) is 14.0. The molecule has 14 heavy (non-hydrogen) atoms. The number of carbonyl (C=O) groups is 1. The Morgan fingerprint density at radius 2 is 2.29 bits per heavy atom. The summed E-state index contributed by atoms with van der Waals surface area (Å²) in [6.07, 6.45) is 3.16. The summed E-state index contributed by atoms with van der Waals surface area (Å²) in [5.41, 5.74) is 0. The Balaban J connectivity index is 3.28. The van der Waals surface area contributed by atoms with Gasteiger partial charge < -0.3 is 20.5 Å². The van der Waals surface area contributed by atoms with E-state index in [4.69, 9.17) is 9.84 Å². The van der Waals surface area contributed by atoms with Crippen LogP contribution in [0, 0.1) is 0 Å². The molecular formula is C9H18N2O3.